The zero-order valence-corrected chi connectivity index (χ0v) is 15.1. The van der Waals surface area contributed by atoms with E-state index < -0.39 is 0 Å². The zero-order chi connectivity index (χ0) is 14.6. The molecule has 113 valence electrons. The van der Waals surface area contributed by atoms with E-state index in [0.717, 1.165) is 11.4 Å². The van der Waals surface area contributed by atoms with Gasteiger partial charge >= 0.3 is 0 Å². The van der Waals surface area contributed by atoms with Crippen molar-refractivity contribution in [3.8, 4) is 22.5 Å². The van der Waals surface area contributed by atoms with Crippen LogP contribution in [0.3, 0.4) is 0 Å². The third-order valence-corrected chi connectivity index (χ3v) is 4.36. The molecule has 1 heterocycles. The van der Waals surface area contributed by atoms with Crippen molar-refractivity contribution in [3.63, 3.8) is 0 Å². The van der Waals surface area contributed by atoms with Crippen LogP contribution in [0.4, 0.5) is 0 Å². The first kappa shape index (κ1) is 15.1. The summed E-state index contributed by atoms with van der Waals surface area (Å²) < 4.78 is 1.72. The maximum Gasteiger partial charge on any atom is 0.102 e. The minimum Gasteiger partial charge on any atom is -0.265 e. The van der Waals surface area contributed by atoms with Crippen LogP contribution in [0.15, 0.2) is 42.7 Å². The van der Waals surface area contributed by atoms with Crippen LogP contribution >= 0.6 is 0 Å². The molecule has 0 spiro atoms. The Labute approximate surface area is 143 Å². The summed E-state index contributed by atoms with van der Waals surface area (Å²) in [6.07, 6.45) is 1.72. The first-order valence-electron chi connectivity index (χ1n) is 7.09. The molecule has 1 aromatic heterocycles. The van der Waals surface area contributed by atoms with E-state index in [1.54, 1.807) is 11.0 Å². The molecule has 2 aromatic carbocycles. The van der Waals surface area contributed by atoms with E-state index in [2.05, 4.69) is 66.4 Å². The molecule has 4 rings (SSSR count). The number of hydrogen-bond acceptors (Lipinski definition) is 2. The van der Waals surface area contributed by atoms with Gasteiger partial charge in [-0.25, -0.2) is 5.10 Å². The molecule has 1 radical (unpaired) electrons. The largest absolute Gasteiger partial charge is 0.265 e. The molecular formula is C18H16IrN3-. The predicted octanol–water partition coefficient (Wildman–Crippen LogP) is 3.59. The normalized spacial score (nSPS) is 14.1. The molecule has 0 saturated carbocycles. The summed E-state index contributed by atoms with van der Waals surface area (Å²) in [5, 5.41) is 4.38. The molecule has 4 heteroatoms. The molecule has 0 fully saturated rings. The third kappa shape index (κ3) is 2.06. The second kappa shape index (κ2) is 5.15. The van der Waals surface area contributed by atoms with Crippen molar-refractivity contribution in [1.29, 1.82) is 0 Å². The van der Waals surface area contributed by atoms with Crippen molar-refractivity contribution < 1.29 is 20.1 Å². The fourth-order valence-corrected chi connectivity index (χ4v) is 3.23. The molecule has 0 atom stereocenters. The number of nitrogens with zero attached hydrogens (tertiary/aromatic N) is 3. The van der Waals surface area contributed by atoms with Gasteiger partial charge in [-0.05, 0) is 11.0 Å². The van der Waals surface area contributed by atoms with Gasteiger partial charge in [0.15, 0.2) is 0 Å². The van der Waals surface area contributed by atoms with Gasteiger partial charge in [-0.15, -0.1) is 29.3 Å². The SMILES string of the molecule is Cn1cnc(-c2[c-]cc3c(c2)C(C)(C)c2ccccc2-3)n1.[Ir]. The summed E-state index contributed by atoms with van der Waals surface area (Å²) in [7, 11) is 1.88. The second-order valence-corrected chi connectivity index (χ2v) is 6.09. The number of benzene rings is 2. The number of fused-ring (bicyclic) bond motifs is 3. The molecule has 3 nitrogen and oxygen atoms in total. The Kier molecular flexibility index (Phi) is 3.54. The van der Waals surface area contributed by atoms with Crippen LogP contribution in [0.2, 0.25) is 0 Å². The predicted molar refractivity (Wildman–Crippen MR) is 82.8 cm³/mol. The van der Waals surface area contributed by atoms with E-state index in [-0.39, 0.29) is 25.5 Å². The average molecular weight is 467 g/mol. The summed E-state index contributed by atoms with van der Waals surface area (Å²) in [5.41, 5.74) is 6.24. The minimum absolute atomic E-state index is 0. The van der Waals surface area contributed by atoms with Gasteiger partial charge in [-0.2, -0.15) is 0 Å². The topological polar surface area (TPSA) is 30.7 Å². The smallest absolute Gasteiger partial charge is 0.102 e. The summed E-state index contributed by atoms with van der Waals surface area (Å²) in [6.45, 7) is 4.54. The second-order valence-electron chi connectivity index (χ2n) is 6.09. The fourth-order valence-electron chi connectivity index (χ4n) is 3.23. The quantitative estimate of drug-likeness (QED) is 0.514. The molecule has 0 saturated heterocycles. The monoisotopic (exact) mass is 467 g/mol. The van der Waals surface area contributed by atoms with Crippen LogP contribution in [0.1, 0.15) is 25.0 Å². The molecular weight excluding hydrogens is 450 g/mol. The van der Waals surface area contributed by atoms with Crippen LogP contribution in [0.5, 0.6) is 0 Å². The van der Waals surface area contributed by atoms with Crippen molar-refractivity contribution in [2.75, 3.05) is 0 Å². The van der Waals surface area contributed by atoms with Crippen LogP contribution in [-0.4, -0.2) is 14.8 Å². The van der Waals surface area contributed by atoms with E-state index in [1.807, 2.05) is 7.05 Å². The molecule has 22 heavy (non-hydrogen) atoms. The summed E-state index contributed by atoms with van der Waals surface area (Å²) in [4.78, 5) is 4.33. The number of rotatable bonds is 1. The van der Waals surface area contributed by atoms with E-state index >= 15 is 0 Å². The van der Waals surface area contributed by atoms with E-state index in [1.165, 1.54) is 22.3 Å². The minimum atomic E-state index is 0. The Morgan fingerprint density at radius 3 is 2.59 bits per heavy atom. The summed E-state index contributed by atoms with van der Waals surface area (Å²) in [5.74, 6) is 0.729. The van der Waals surface area contributed by atoms with Gasteiger partial charge in [0.05, 0.1) is 5.82 Å². The van der Waals surface area contributed by atoms with E-state index in [4.69, 9.17) is 0 Å². The van der Waals surface area contributed by atoms with Gasteiger partial charge in [0.1, 0.15) is 6.33 Å². The maximum atomic E-state index is 4.38. The van der Waals surface area contributed by atoms with Gasteiger partial charge in [0, 0.05) is 27.2 Å². The molecule has 0 bridgehead atoms. The van der Waals surface area contributed by atoms with Crippen molar-refractivity contribution in [3.05, 3.63) is 59.9 Å². The van der Waals surface area contributed by atoms with Crippen molar-refractivity contribution >= 4 is 0 Å². The van der Waals surface area contributed by atoms with Crippen LogP contribution in [-0.2, 0) is 32.6 Å². The van der Waals surface area contributed by atoms with Gasteiger partial charge < -0.3 is 0 Å². The van der Waals surface area contributed by atoms with Crippen LogP contribution in [0, 0.1) is 6.07 Å². The number of aryl methyl sites for hydroxylation is 1. The molecule has 0 unspecified atom stereocenters. The Morgan fingerprint density at radius 2 is 1.86 bits per heavy atom. The Hall–Kier alpha value is -1.77. The molecule has 3 aromatic rings. The van der Waals surface area contributed by atoms with Crippen molar-refractivity contribution in [2.24, 2.45) is 7.05 Å². The number of hydrogen-bond donors (Lipinski definition) is 0. The molecule has 1 aliphatic rings. The third-order valence-electron chi connectivity index (χ3n) is 4.36. The van der Waals surface area contributed by atoms with Crippen LogP contribution in [0.25, 0.3) is 22.5 Å². The van der Waals surface area contributed by atoms with Crippen molar-refractivity contribution in [1.82, 2.24) is 14.8 Å². The summed E-state index contributed by atoms with van der Waals surface area (Å²) in [6, 6.07) is 16.2. The first-order chi connectivity index (χ1) is 10.1. The Balaban J connectivity index is 0.00000144. The van der Waals surface area contributed by atoms with Gasteiger partial charge in [-0.1, -0.05) is 49.2 Å². The zero-order valence-electron chi connectivity index (χ0n) is 12.7. The average Bonchev–Trinajstić information content (AvgIpc) is 3.01. The van der Waals surface area contributed by atoms with Gasteiger partial charge in [0.2, 0.25) is 0 Å². The molecule has 0 amide bonds. The van der Waals surface area contributed by atoms with Gasteiger partial charge in [-0.3, -0.25) is 9.67 Å². The molecule has 1 aliphatic carbocycles. The molecule has 0 aliphatic heterocycles. The van der Waals surface area contributed by atoms with Crippen molar-refractivity contribution in [2.45, 2.75) is 19.3 Å². The standard InChI is InChI=1S/C18H16N3.Ir/c1-18(2)15-7-5-4-6-13(15)14-9-8-12(10-16(14)18)17-19-11-21(3)20-17;/h4-7,9-11H,1-3H3;/q-1;. The fraction of sp³-hybridized carbons (Fsp3) is 0.222. The van der Waals surface area contributed by atoms with Crippen LogP contribution < -0.4 is 0 Å². The molecule has 0 N–H and O–H groups in total. The summed E-state index contributed by atoms with van der Waals surface area (Å²) >= 11 is 0. The Bertz CT molecular complexity index is 849. The first-order valence-corrected chi connectivity index (χ1v) is 7.09. The maximum absolute atomic E-state index is 4.38. The number of aromatic nitrogens is 3. The Morgan fingerprint density at radius 1 is 1.09 bits per heavy atom. The van der Waals surface area contributed by atoms with Gasteiger partial charge in [0.25, 0.3) is 0 Å². The van der Waals surface area contributed by atoms with E-state index in [0.29, 0.717) is 0 Å². The van der Waals surface area contributed by atoms with E-state index in [9.17, 15) is 0 Å².